The zero-order chi connectivity index (χ0) is 18.4. The maximum atomic E-state index is 12.4. The van der Waals surface area contributed by atoms with Crippen LogP contribution in [0.1, 0.15) is 43.4 Å². The summed E-state index contributed by atoms with van der Waals surface area (Å²) in [4.78, 5) is 23.6. The number of nitrogens with one attached hydrogen (secondary N) is 2. The molecular weight excluding hydrogens is 382 g/mol. The average molecular weight is 404 g/mol. The van der Waals surface area contributed by atoms with Gasteiger partial charge in [0.15, 0.2) is 0 Å². The van der Waals surface area contributed by atoms with Gasteiger partial charge in [-0.1, -0.05) is 54.0 Å². The number of nitrogens with two attached hydrogens (primary N) is 1. The van der Waals surface area contributed by atoms with Gasteiger partial charge < -0.3 is 16.4 Å². The maximum Gasteiger partial charge on any atom is 0.312 e. The third-order valence-electron chi connectivity index (χ3n) is 3.84. The Kier molecular flexibility index (Phi) is 6.58. The van der Waals surface area contributed by atoms with Crippen LogP contribution in [0.5, 0.6) is 0 Å². The molecule has 2 aromatic carbocycles. The number of anilines is 1. The predicted octanol–water partition coefficient (Wildman–Crippen LogP) is 4.31. The number of urea groups is 1. The Morgan fingerprint density at radius 3 is 2.08 bits per heavy atom. The number of hydrogen-bond acceptors (Lipinski definition) is 2. The van der Waals surface area contributed by atoms with Crippen LogP contribution in [0, 0.1) is 0 Å². The van der Waals surface area contributed by atoms with E-state index in [1.165, 1.54) is 5.56 Å². The molecule has 0 heterocycles. The molecule has 0 saturated carbocycles. The van der Waals surface area contributed by atoms with Crippen molar-refractivity contribution in [2.24, 2.45) is 5.73 Å². The first-order chi connectivity index (χ1) is 11.8. The Morgan fingerprint density at radius 1 is 1.00 bits per heavy atom. The van der Waals surface area contributed by atoms with Crippen molar-refractivity contribution in [3.8, 4) is 0 Å². The number of carbonyl (C=O) groups is 2. The highest BCUT2D eigenvalue weighted by Crippen LogP contribution is 2.21. The van der Waals surface area contributed by atoms with Crippen molar-refractivity contribution in [1.82, 2.24) is 5.32 Å². The lowest BCUT2D eigenvalue weighted by molar-refractivity contribution is -0.116. The highest BCUT2D eigenvalue weighted by Gasteiger charge is 2.17. The third kappa shape index (κ3) is 5.90. The summed E-state index contributed by atoms with van der Waals surface area (Å²) in [5, 5.41) is 5.47. The van der Waals surface area contributed by atoms with Gasteiger partial charge in [0.25, 0.3) is 0 Å². The minimum absolute atomic E-state index is 0.0938. The fraction of sp³-hybridized carbons (Fsp3) is 0.263. The fourth-order valence-corrected chi connectivity index (χ4v) is 2.73. The van der Waals surface area contributed by atoms with Gasteiger partial charge in [0.05, 0.1) is 12.5 Å². The van der Waals surface area contributed by atoms with Gasteiger partial charge in [0.2, 0.25) is 5.91 Å². The van der Waals surface area contributed by atoms with Gasteiger partial charge in [-0.3, -0.25) is 4.79 Å². The zero-order valence-corrected chi connectivity index (χ0v) is 15.8. The van der Waals surface area contributed by atoms with E-state index in [0.717, 1.165) is 15.7 Å². The Morgan fingerprint density at radius 2 is 1.56 bits per heavy atom. The fourth-order valence-electron chi connectivity index (χ4n) is 2.47. The molecule has 0 aliphatic rings. The molecule has 1 atom stereocenters. The largest absolute Gasteiger partial charge is 0.352 e. The zero-order valence-electron chi connectivity index (χ0n) is 14.3. The molecule has 3 amide bonds. The van der Waals surface area contributed by atoms with E-state index in [4.69, 9.17) is 5.73 Å². The number of halogens is 1. The van der Waals surface area contributed by atoms with Crippen LogP contribution in [0.4, 0.5) is 10.5 Å². The number of benzene rings is 2. The van der Waals surface area contributed by atoms with Crippen molar-refractivity contribution in [2.75, 3.05) is 5.32 Å². The summed E-state index contributed by atoms with van der Waals surface area (Å²) in [6.07, 6.45) is 0.0938. The minimum atomic E-state index is -0.665. The minimum Gasteiger partial charge on any atom is -0.352 e. The van der Waals surface area contributed by atoms with Gasteiger partial charge in [-0.05, 0) is 41.3 Å². The molecule has 0 aromatic heterocycles. The van der Waals surface area contributed by atoms with Crippen molar-refractivity contribution >= 4 is 33.6 Å². The van der Waals surface area contributed by atoms with Gasteiger partial charge in [0.1, 0.15) is 0 Å². The second-order valence-corrected chi connectivity index (χ2v) is 7.06. The van der Waals surface area contributed by atoms with Crippen LogP contribution in [0.2, 0.25) is 0 Å². The molecule has 25 heavy (non-hydrogen) atoms. The normalized spacial score (nSPS) is 11.8. The molecule has 0 aliphatic heterocycles. The quantitative estimate of drug-likeness (QED) is 0.670. The number of primary amides is 1. The molecule has 0 bridgehead atoms. The molecule has 0 fully saturated rings. The number of hydrogen-bond donors (Lipinski definition) is 3. The van der Waals surface area contributed by atoms with Crippen molar-refractivity contribution < 1.29 is 9.59 Å². The highest BCUT2D eigenvalue weighted by atomic mass is 79.9. The maximum absolute atomic E-state index is 12.4. The van der Waals surface area contributed by atoms with Crippen LogP contribution in [0.15, 0.2) is 53.0 Å². The standard InChI is InChI=1S/C19H22BrN3O2/c1-12(2)13-5-9-16(10-6-13)22-18(24)11-17(23-19(21)25)14-3-7-15(20)8-4-14/h3-10,12,17H,11H2,1-2H3,(H,22,24)(H3,21,23,25). The van der Waals surface area contributed by atoms with Crippen LogP contribution in [0.25, 0.3) is 0 Å². The molecule has 2 aromatic rings. The van der Waals surface area contributed by atoms with Crippen LogP contribution in [-0.4, -0.2) is 11.9 Å². The molecule has 2 rings (SSSR count). The van der Waals surface area contributed by atoms with Crippen LogP contribution in [0.3, 0.4) is 0 Å². The lowest BCUT2D eigenvalue weighted by Gasteiger charge is -2.18. The Balaban J connectivity index is 2.05. The van der Waals surface area contributed by atoms with E-state index in [2.05, 4.69) is 40.4 Å². The summed E-state index contributed by atoms with van der Waals surface area (Å²) in [7, 11) is 0. The summed E-state index contributed by atoms with van der Waals surface area (Å²) >= 11 is 3.37. The number of amides is 3. The first kappa shape index (κ1) is 19.0. The van der Waals surface area contributed by atoms with E-state index < -0.39 is 12.1 Å². The second-order valence-electron chi connectivity index (χ2n) is 6.14. The Hall–Kier alpha value is -2.34. The SMILES string of the molecule is CC(C)c1ccc(NC(=O)CC(NC(N)=O)c2ccc(Br)cc2)cc1. The van der Waals surface area contributed by atoms with E-state index in [-0.39, 0.29) is 12.3 Å². The molecule has 0 radical (unpaired) electrons. The topological polar surface area (TPSA) is 84.2 Å². The van der Waals surface area contributed by atoms with Crippen LogP contribution < -0.4 is 16.4 Å². The predicted molar refractivity (Wildman–Crippen MR) is 103 cm³/mol. The van der Waals surface area contributed by atoms with Crippen LogP contribution >= 0.6 is 15.9 Å². The summed E-state index contributed by atoms with van der Waals surface area (Å²) in [6, 6.07) is 14.0. The molecule has 1 unspecified atom stereocenters. The molecule has 0 spiro atoms. The van der Waals surface area contributed by atoms with Gasteiger partial charge in [-0.2, -0.15) is 0 Å². The van der Waals surface area contributed by atoms with Gasteiger partial charge in [-0.15, -0.1) is 0 Å². The van der Waals surface area contributed by atoms with Crippen molar-refractivity contribution in [2.45, 2.75) is 32.2 Å². The highest BCUT2D eigenvalue weighted by molar-refractivity contribution is 9.10. The third-order valence-corrected chi connectivity index (χ3v) is 4.37. The molecule has 132 valence electrons. The Labute approximate surface area is 156 Å². The van der Waals surface area contributed by atoms with E-state index in [9.17, 15) is 9.59 Å². The molecular formula is C19H22BrN3O2. The van der Waals surface area contributed by atoms with Crippen molar-refractivity contribution in [1.29, 1.82) is 0 Å². The molecule has 6 heteroatoms. The Bertz CT molecular complexity index is 727. The van der Waals surface area contributed by atoms with Crippen LogP contribution in [-0.2, 0) is 4.79 Å². The van der Waals surface area contributed by atoms with Gasteiger partial charge >= 0.3 is 6.03 Å². The molecule has 0 saturated heterocycles. The lowest BCUT2D eigenvalue weighted by atomic mass is 10.0. The molecule has 0 aliphatic carbocycles. The van der Waals surface area contributed by atoms with E-state index in [1.807, 2.05) is 48.5 Å². The summed E-state index contributed by atoms with van der Waals surface area (Å²) < 4.78 is 0.920. The monoisotopic (exact) mass is 403 g/mol. The first-order valence-corrected chi connectivity index (χ1v) is 8.85. The van der Waals surface area contributed by atoms with Gasteiger partial charge in [0, 0.05) is 10.2 Å². The first-order valence-electron chi connectivity index (χ1n) is 8.06. The van der Waals surface area contributed by atoms with Crippen molar-refractivity contribution in [3.63, 3.8) is 0 Å². The summed E-state index contributed by atoms with van der Waals surface area (Å²) in [5.74, 6) is 0.241. The van der Waals surface area contributed by atoms with E-state index >= 15 is 0 Å². The summed E-state index contributed by atoms with van der Waals surface area (Å²) in [5.41, 5.74) is 7.99. The summed E-state index contributed by atoms with van der Waals surface area (Å²) in [6.45, 7) is 4.23. The van der Waals surface area contributed by atoms with Gasteiger partial charge in [-0.25, -0.2) is 4.79 Å². The molecule has 5 nitrogen and oxygen atoms in total. The average Bonchev–Trinajstić information content (AvgIpc) is 2.55. The smallest absolute Gasteiger partial charge is 0.312 e. The number of rotatable bonds is 6. The number of carbonyl (C=O) groups excluding carboxylic acids is 2. The van der Waals surface area contributed by atoms with E-state index in [1.54, 1.807) is 0 Å². The van der Waals surface area contributed by atoms with Crippen molar-refractivity contribution in [3.05, 3.63) is 64.1 Å². The second kappa shape index (κ2) is 8.67. The lowest BCUT2D eigenvalue weighted by Crippen LogP contribution is -2.35. The molecule has 4 N–H and O–H groups in total. The van der Waals surface area contributed by atoms with E-state index in [0.29, 0.717) is 5.92 Å².